The van der Waals surface area contributed by atoms with Gasteiger partial charge >= 0.3 is 0 Å². The van der Waals surface area contributed by atoms with Crippen molar-refractivity contribution in [2.24, 2.45) is 5.92 Å². The highest BCUT2D eigenvalue weighted by Gasteiger charge is 2.19. The fraction of sp³-hybridized carbons (Fsp3) is 0.778. The van der Waals surface area contributed by atoms with Gasteiger partial charge in [-0.1, -0.05) is 13.8 Å². The fourth-order valence-corrected chi connectivity index (χ4v) is 1.52. The van der Waals surface area contributed by atoms with E-state index in [1.165, 1.54) is 12.0 Å². The highest BCUT2D eigenvalue weighted by molar-refractivity contribution is 4.99. The summed E-state index contributed by atoms with van der Waals surface area (Å²) in [6, 6.07) is 0. The van der Waals surface area contributed by atoms with E-state index in [1.807, 2.05) is 6.26 Å². The van der Waals surface area contributed by atoms with Gasteiger partial charge in [-0.25, -0.2) is 0 Å². The molecule has 1 heteroatoms. The van der Waals surface area contributed by atoms with E-state index >= 15 is 0 Å². The Balaban J connectivity index is 2.52. The molecule has 0 N–H and O–H groups in total. The molecule has 58 valence electrons. The van der Waals surface area contributed by atoms with Crippen molar-refractivity contribution in [3.8, 4) is 0 Å². The van der Waals surface area contributed by atoms with Crippen LogP contribution in [-0.4, -0.2) is 6.10 Å². The third-order valence-corrected chi connectivity index (χ3v) is 2.13. The molecule has 0 fully saturated rings. The predicted octanol–water partition coefficient (Wildman–Crippen LogP) is 2.73. The Morgan fingerprint density at radius 1 is 1.70 bits per heavy atom. The summed E-state index contributed by atoms with van der Waals surface area (Å²) >= 11 is 0. The SMILES string of the molecule is CCC1OC=C(C)CC1C. The lowest BCUT2D eigenvalue weighted by atomic mass is 9.93. The van der Waals surface area contributed by atoms with E-state index in [-0.39, 0.29) is 0 Å². The molecule has 0 aromatic heterocycles. The highest BCUT2D eigenvalue weighted by atomic mass is 16.5. The molecule has 10 heavy (non-hydrogen) atoms. The normalized spacial score (nSPS) is 32.9. The van der Waals surface area contributed by atoms with Crippen LogP contribution in [0.2, 0.25) is 0 Å². The van der Waals surface area contributed by atoms with E-state index in [0.29, 0.717) is 12.0 Å². The van der Waals surface area contributed by atoms with E-state index in [4.69, 9.17) is 4.74 Å². The molecule has 0 spiro atoms. The van der Waals surface area contributed by atoms with Gasteiger partial charge < -0.3 is 4.74 Å². The minimum atomic E-state index is 0.462. The molecule has 1 rings (SSSR count). The zero-order valence-electron chi connectivity index (χ0n) is 7.05. The highest BCUT2D eigenvalue weighted by Crippen LogP contribution is 2.24. The molecular formula is C9H16O. The zero-order chi connectivity index (χ0) is 7.56. The summed E-state index contributed by atoms with van der Waals surface area (Å²) in [5.74, 6) is 0.704. The lowest BCUT2D eigenvalue weighted by Gasteiger charge is -2.27. The van der Waals surface area contributed by atoms with Crippen molar-refractivity contribution >= 4 is 0 Å². The molecule has 0 saturated heterocycles. The number of rotatable bonds is 1. The first-order valence-corrected chi connectivity index (χ1v) is 4.05. The van der Waals surface area contributed by atoms with Crippen molar-refractivity contribution in [1.29, 1.82) is 0 Å². The van der Waals surface area contributed by atoms with Crippen molar-refractivity contribution < 1.29 is 4.74 Å². The number of allylic oxidation sites excluding steroid dienone is 1. The lowest BCUT2D eigenvalue weighted by Crippen LogP contribution is -2.22. The molecule has 1 aliphatic heterocycles. The first-order chi connectivity index (χ1) is 4.74. The van der Waals surface area contributed by atoms with E-state index < -0.39 is 0 Å². The van der Waals surface area contributed by atoms with Gasteiger partial charge in [0, 0.05) is 0 Å². The average molecular weight is 140 g/mol. The Labute approximate surface area is 63.1 Å². The Kier molecular flexibility index (Phi) is 2.36. The fourth-order valence-electron chi connectivity index (χ4n) is 1.52. The van der Waals surface area contributed by atoms with Gasteiger partial charge in [-0.05, 0) is 31.3 Å². The molecule has 1 nitrogen and oxygen atoms in total. The molecule has 0 aliphatic carbocycles. The predicted molar refractivity (Wildman–Crippen MR) is 42.7 cm³/mol. The molecule has 0 aromatic carbocycles. The van der Waals surface area contributed by atoms with Gasteiger partial charge in [-0.15, -0.1) is 0 Å². The maximum absolute atomic E-state index is 5.49. The monoisotopic (exact) mass is 140 g/mol. The molecule has 1 heterocycles. The summed E-state index contributed by atoms with van der Waals surface area (Å²) < 4.78 is 5.49. The molecule has 2 unspecified atom stereocenters. The van der Waals surface area contributed by atoms with Crippen molar-refractivity contribution in [3.63, 3.8) is 0 Å². The molecule has 2 atom stereocenters. The quantitative estimate of drug-likeness (QED) is 0.544. The van der Waals surface area contributed by atoms with Crippen LogP contribution in [0.1, 0.15) is 33.6 Å². The smallest absolute Gasteiger partial charge is 0.100 e. The van der Waals surface area contributed by atoms with Crippen molar-refractivity contribution in [3.05, 3.63) is 11.8 Å². The summed E-state index contributed by atoms with van der Waals surface area (Å²) in [4.78, 5) is 0. The molecule has 0 amide bonds. The van der Waals surface area contributed by atoms with Crippen LogP contribution in [0.4, 0.5) is 0 Å². The van der Waals surface area contributed by atoms with Crippen molar-refractivity contribution in [1.82, 2.24) is 0 Å². The molecule has 1 aliphatic rings. The Morgan fingerprint density at radius 3 is 2.90 bits per heavy atom. The van der Waals surface area contributed by atoms with Crippen molar-refractivity contribution in [2.75, 3.05) is 0 Å². The van der Waals surface area contributed by atoms with E-state index in [2.05, 4.69) is 20.8 Å². The Bertz CT molecular complexity index is 138. The maximum Gasteiger partial charge on any atom is 0.100 e. The second-order valence-electron chi connectivity index (χ2n) is 3.23. The van der Waals surface area contributed by atoms with Gasteiger partial charge in [-0.3, -0.25) is 0 Å². The van der Waals surface area contributed by atoms with Crippen LogP contribution < -0.4 is 0 Å². The van der Waals surface area contributed by atoms with Gasteiger partial charge in [-0.2, -0.15) is 0 Å². The minimum absolute atomic E-state index is 0.462. The Morgan fingerprint density at radius 2 is 2.40 bits per heavy atom. The summed E-state index contributed by atoms with van der Waals surface area (Å²) in [5, 5.41) is 0. The van der Waals surface area contributed by atoms with Crippen LogP contribution in [-0.2, 0) is 4.74 Å². The Hall–Kier alpha value is -0.460. The second-order valence-corrected chi connectivity index (χ2v) is 3.23. The summed E-state index contributed by atoms with van der Waals surface area (Å²) in [6.45, 7) is 6.56. The van der Waals surface area contributed by atoms with Gasteiger partial charge in [0.1, 0.15) is 6.10 Å². The maximum atomic E-state index is 5.49. The standard InChI is InChI=1S/C9H16O/c1-4-9-8(3)5-7(2)6-10-9/h6,8-9H,4-5H2,1-3H3. The summed E-state index contributed by atoms with van der Waals surface area (Å²) in [7, 11) is 0. The molecule has 0 saturated carbocycles. The number of hydrogen-bond acceptors (Lipinski definition) is 1. The van der Waals surface area contributed by atoms with E-state index in [1.54, 1.807) is 0 Å². The van der Waals surface area contributed by atoms with Crippen LogP contribution in [0.25, 0.3) is 0 Å². The lowest BCUT2D eigenvalue weighted by molar-refractivity contribution is 0.0723. The molecule has 0 radical (unpaired) electrons. The summed E-state index contributed by atoms with van der Waals surface area (Å²) in [5.41, 5.74) is 1.37. The van der Waals surface area contributed by atoms with Crippen LogP contribution in [0.3, 0.4) is 0 Å². The van der Waals surface area contributed by atoms with Crippen LogP contribution in [0.15, 0.2) is 11.8 Å². The third-order valence-electron chi connectivity index (χ3n) is 2.13. The van der Waals surface area contributed by atoms with Crippen LogP contribution >= 0.6 is 0 Å². The second kappa shape index (κ2) is 3.09. The topological polar surface area (TPSA) is 9.23 Å². The molecule has 0 bridgehead atoms. The van der Waals surface area contributed by atoms with Crippen LogP contribution in [0.5, 0.6) is 0 Å². The molecular weight excluding hydrogens is 124 g/mol. The first-order valence-electron chi connectivity index (χ1n) is 4.05. The van der Waals surface area contributed by atoms with Gasteiger partial charge in [0.05, 0.1) is 6.26 Å². The van der Waals surface area contributed by atoms with Gasteiger partial charge in [0.15, 0.2) is 0 Å². The average Bonchev–Trinajstić information content (AvgIpc) is 1.88. The molecule has 0 aromatic rings. The third kappa shape index (κ3) is 1.53. The summed E-state index contributed by atoms with van der Waals surface area (Å²) in [6.07, 6.45) is 4.71. The van der Waals surface area contributed by atoms with E-state index in [0.717, 1.165) is 6.42 Å². The minimum Gasteiger partial charge on any atom is -0.498 e. The van der Waals surface area contributed by atoms with Gasteiger partial charge in [0.25, 0.3) is 0 Å². The van der Waals surface area contributed by atoms with Crippen molar-refractivity contribution in [2.45, 2.75) is 39.7 Å². The van der Waals surface area contributed by atoms with E-state index in [9.17, 15) is 0 Å². The number of hydrogen-bond donors (Lipinski definition) is 0. The zero-order valence-corrected chi connectivity index (χ0v) is 7.05. The largest absolute Gasteiger partial charge is 0.498 e. The first kappa shape index (κ1) is 7.64. The number of ether oxygens (including phenoxy) is 1. The van der Waals surface area contributed by atoms with Crippen LogP contribution in [0, 0.1) is 5.92 Å². The van der Waals surface area contributed by atoms with Gasteiger partial charge in [0.2, 0.25) is 0 Å².